The monoisotopic (exact) mass is 670 g/mol. The Bertz CT molecular complexity index is 1140. The zero-order valence-corrected chi connectivity index (χ0v) is 27.8. The number of benzene rings is 2. The number of rotatable bonds is 19. The molecule has 0 spiro atoms. The van der Waals surface area contributed by atoms with Crippen LogP contribution in [0.5, 0.6) is 5.75 Å². The molecule has 0 atom stereocenters. The molecular formula is C36H51IN2O2. The SMILES string of the molecule is CCCCCCCCCCCCOc1ccc(CN(Cc2cccc[n+]2CCC)C(=O)c2ccccc2)c(C)c1.[I-]. The molecule has 0 radical (unpaired) electrons. The van der Waals surface area contributed by atoms with Gasteiger partial charge in [-0.15, -0.1) is 0 Å². The van der Waals surface area contributed by atoms with E-state index in [9.17, 15) is 4.79 Å². The van der Waals surface area contributed by atoms with Gasteiger partial charge in [0, 0.05) is 30.7 Å². The van der Waals surface area contributed by atoms with E-state index in [-0.39, 0.29) is 29.9 Å². The smallest absolute Gasteiger partial charge is 0.254 e. The molecule has 3 aromatic rings. The standard InChI is InChI=1S/C36H51N2O2.HI/c1-4-6-7-8-9-10-11-12-13-19-27-40-35-24-23-33(31(3)28-35)29-38(36(39)32-20-15-14-16-21-32)30-34-22-17-18-26-37(34)25-5-2;/h14-18,20-24,26,28H,4-13,19,25,27,29-30H2,1-3H3;1H/q+1;/p-1. The topological polar surface area (TPSA) is 33.4 Å². The zero-order valence-electron chi connectivity index (χ0n) is 25.6. The van der Waals surface area contributed by atoms with Crippen LogP contribution in [0.25, 0.3) is 0 Å². The Balaban J connectivity index is 0.00000588. The molecule has 3 rings (SSSR count). The first kappa shape index (κ1) is 34.8. The molecule has 0 saturated heterocycles. The Morgan fingerprint density at radius 1 is 0.756 bits per heavy atom. The van der Waals surface area contributed by atoms with E-state index in [1.807, 2.05) is 35.2 Å². The molecule has 1 aromatic heterocycles. The predicted octanol–water partition coefficient (Wildman–Crippen LogP) is 5.84. The number of halogens is 1. The molecule has 0 fully saturated rings. The summed E-state index contributed by atoms with van der Waals surface area (Å²) >= 11 is 0. The lowest BCUT2D eigenvalue weighted by atomic mass is 10.1. The molecule has 0 N–H and O–H groups in total. The average molecular weight is 671 g/mol. The number of hydrogen-bond acceptors (Lipinski definition) is 2. The molecule has 4 nitrogen and oxygen atoms in total. The number of hydrogen-bond donors (Lipinski definition) is 0. The van der Waals surface area contributed by atoms with Gasteiger partial charge in [-0.2, -0.15) is 0 Å². The summed E-state index contributed by atoms with van der Waals surface area (Å²) in [5.74, 6) is 0.968. The first-order valence-electron chi connectivity index (χ1n) is 15.7. The Morgan fingerprint density at radius 3 is 2.07 bits per heavy atom. The van der Waals surface area contributed by atoms with E-state index in [0.29, 0.717) is 13.1 Å². The summed E-state index contributed by atoms with van der Waals surface area (Å²) in [6, 6.07) is 22.1. The summed E-state index contributed by atoms with van der Waals surface area (Å²) in [5.41, 5.74) is 4.16. The molecule has 5 heteroatoms. The molecule has 0 bridgehead atoms. The minimum atomic E-state index is 0. The number of unbranched alkanes of at least 4 members (excludes halogenated alkanes) is 9. The summed E-state index contributed by atoms with van der Waals surface area (Å²) in [4.78, 5) is 15.6. The van der Waals surface area contributed by atoms with Crippen molar-refractivity contribution in [1.82, 2.24) is 4.90 Å². The third-order valence-corrected chi connectivity index (χ3v) is 7.60. The number of carbonyl (C=O) groups excluding carboxylic acids is 1. The Labute approximate surface area is 266 Å². The Morgan fingerprint density at radius 2 is 1.41 bits per heavy atom. The van der Waals surface area contributed by atoms with Crippen LogP contribution in [-0.2, 0) is 19.6 Å². The third-order valence-electron chi connectivity index (χ3n) is 7.60. The van der Waals surface area contributed by atoms with Gasteiger partial charge >= 0.3 is 0 Å². The highest BCUT2D eigenvalue weighted by Crippen LogP contribution is 2.21. The first-order valence-corrected chi connectivity index (χ1v) is 15.7. The zero-order chi connectivity index (χ0) is 28.4. The van der Waals surface area contributed by atoms with Gasteiger partial charge in [-0.05, 0) is 48.7 Å². The fourth-order valence-electron chi connectivity index (χ4n) is 5.19. The summed E-state index contributed by atoms with van der Waals surface area (Å²) in [5, 5.41) is 0. The van der Waals surface area contributed by atoms with Crippen LogP contribution >= 0.6 is 0 Å². The molecule has 224 valence electrons. The van der Waals surface area contributed by atoms with Crippen molar-refractivity contribution in [3.63, 3.8) is 0 Å². The lowest BCUT2D eigenvalue weighted by Gasteiger charge is -2.23. The van der Waals surface area contributed by atoms with E-state index in [0.717, 1.165) is 54.1 Å². The molecule has 1 amide bonds. The van der Waals surface area contributed by atoms with Crippen molar-refractivity contribution in [3.05, 3.63) is 95.3 Å². The second kappa shape index (κ2) is 20.5. The number of carbonyl (C=O) groups is 1. The van der Waals surface area contributed by atoms with E-state index >= 15 is 0 Å². The lowest BCUT2D eigenvalue weighted by Crippen LogP contribution is -3.00. The molecule has 0 unspecified atom stereocenters. The van der Waals surface area contributed by atoms with Crippen LogP contribution in [0.15, 0.2) is 72.9 Å². The predicted molar refractivity (Wildman–Crippen MR) is 165 cm³/mol. The second-order valence-electron chi connectivity index (χ2n) is 11.0. The van der Waals surface area contributed by atoms with Gasteiger partial charge in [-0.3, -0.25) is 4.79 Å². The Hall–Kier alpha value is -2.41. The number of pyridine rings is 1. The van der Waals surface area contributed by atoms with Gasteiger partial charge in [0.1, 0.15) is 18.8 Å². The van der Waals surface area contributed by atoms with Gasteiger partial charge < -0.3 is 33.6 Å². The average Bonchev–Trinajstić information content (AvgIpc) is 2.98. The molecule has 0 aliphatic carbocycles. The van der Waals surface area contributed by atoms with E-state index in [1.165, 1.54) is 57.8 Å². The van der Waals surface area contributed by atoms with Crippen LogP contribution < -0.4 is 33.3 Å². The number of ether oxygens (including phenoxy) is 1. The van der Waals surface area contributed by atoms with Crippen LogP contribution in [-0.4, -0.2) is 17.4 Å². The molecular weight excluding hydrogens is 619 g/mol. The van der Waals surface area contributed by atoms with E-state index in [2.05, 4.69) is 67.9 Å². The van der Waals surface area contributed by atoms with Crippen molar-refractivity contribution in [2.75, 3.05) is 6.61 Å². The van der Waals surface area contributed by atoms with E-state index < -0.39 is 0 Å². The number of nitrogens with zero attached hydrogens (tertiary/aromatic N) is 2. The van der Waals surface area contributed by atoms with Gasteiger partial charge in [-0.1, -0.05) is 102 Å². The molecule has 41 heavy (non-hydrogen) atoms. The summed E-state index contributed by atoms with van der Waals surface area (Å²) in [6.07, 6.45) is 16.4. The highest BCUT2D eigenvalue weighted by atomic mass is 127. The van der Waals surface area contributed by atoms with Crippen molar-refractivity contribution in [2.24, 2.45) is 0 Å². The summed E-state index contributed by atoms with van der Waals surface area (Å²) in [7, 11) is 0. The normalized spacial score (nSPS) is 10.7. The molecule has 1 heterocycles. The molecule has 0 aliphatic rings. The first-order chi connectivity index (χ1) is 19.6. The minimum absolute atomic E-state index is 0. The van der Waals surface area contributed by atoms with Crippen LogP contribution in [0, 0.1) is 6.92 Å². The summed E-state index contributed by atoms with van der Waals surface area (Å²) < 4.78 is 8.34. The van der Waals surface area contributed by atoms with Crippen LogP contribution in [0.4, 0.5) is 0 Å². The highest BCUT2D eigenvalue weighted by Gasteiger charge is 2.21. The fourth-order valence-corrected chi connectivity index (χ4v) is 5.19. The Kier molecular flexibility index (Phi) is 17.4. The summed E-state index contributed by atoms with van der Waals surface area (Å²) in [6.45, 7) is 9.39. The van der Waals surface area contributed by atoms with E-state index in [1.54, 1.807) is 0 Å². The number of amides is 1. The molecule has 0 saturated carbocycles. The molecule has 2 aromatic carbocycles. The van der Waals surface area contributed by atoms with Crippen LogP contribution in [0.1, 0.15) is 112 Å². The number of aryl methyl sites for hydroxylation is 2. The highest BCUT2D eigenvalue weighted by molar-refractivity contribution is 5.94. The van der Waals surface area contributed by atoms with Gasteiger partial charge in [0.25, 0.3) is 5.91 Å². The minimum Gasteiger partial charge on any atom is -1.00 e. The van der Waals surface area contributed by atoms with Gasteiger partial charge in [0.15, 0.2) is 6.20 Å². The largest absolute Gasteiger partial charge is 1.00 e. The van der Waals surface area contributed by atoms with Crippen molar-refractivity contribution in [1.29, 1.82) is 0 Å². The maximum atomic E-state index is 13.6. The van der Waals surface area contributed by atoms with Gasteiger partial charge in [0.2, 0.25) is 5.69 Å². The van der Waals surface area contributed by atoms with Crippen molar-refractivity contribution < 1.29 is 38.1 Å². The van der Waals surface area contributed by atoms with E-state index in [4.69, 9.17) is 4.74 Å². The maximum absolute atomic E-state index is 13.6. The number of aromatic nitrogens is 1. The quantitative estimate of drug-likeness (QED) is 0.0914. The van der Waals surface area contributed by atoms with Gasteiger partial charge in [-0.25, -0.2) is 4.57 Å². The fraction of sp³-hybridized carbons (Fsp3) is 0.500. The maximum Gasteiger partial charge on any atom is 0.254 e. The second-order valence-corrected chi connectivity index (χ2v) is 11.0. The van der Waals surface area contributed by atoms with Crippen molar-refractivity contribution >= 4 is 5.91 Å². The van der Waals surface area contributed by atoms with Crippen molar-refractivity contribution in [3.8, 4) is 5.75 Å². The van der Waals surface area contributed by atoms with Crippen LogP contribution in [0.2, 0.25) is 0 Å². The van der Waals surface area contributed by atoms with Crippen LogP contribution in [0.3, 0.4) is 0 Å². The lowest BCUT2D eigenvalue weighted by molar-refractivity contribution is -0.705. The molecule has 0 aliphatic heterocycles. The van der Waals surface area contributed by atoms with Crippen molar-refractivity contribution in [2.45, 2.75) is 111 Å². The third kappa shape index (κ3) is 12.6. The van der Waals surface area contributed by atoms with Gasteiger partial charge in [0.05, 0.1) is 6.61 Å².